The third-order valence-corrected chi connectivity index (χ3v) is 3.17. The maximum atomic E-state index is 5.79. The second-order valence-corrected chi connectivity index (χ2v) is 4.55. The van der Waals surface area contributed by atoms with Crippen molar-refractivity contribution >= 4 is 0 Å². The van der Waals surface area contributed by atoms with Crippen LogP contribution >= 0.6 is 0 Å². The van der Waals surface area contributed by atoms with Crippen molar-refractivity contribution in [3.8, 4) is 5.75 Å². The minimum Gasteiger partial charge on any atom is -0.480 e. The van der Waals surface area contributed by atoms with Crippen LogP contribution in [-0.2, 0) is 6.42 Å². The zero-order valence-electron chi connectivity index (χ0n) is 10.2. The molecule has 0 bridgehead atoms. The van der Waals surface area contributed by atoms with Crippen LogP contribution in [0.3, 0.4) is 0 Å². The third-order valence-electron chi connectivity index (χ3n) is 3.17. The van der Waals surface area contributed by atoms with Crippen LogP contribution in [0.5, 0.6) is 5.75 Å². The maximum absolute atomic E-state index is 5.79. The van der Waals surface area contributed by atoms with Gasteiger partial charge in [-0.3, -0.25) is 0 Å². The van der Waals surface area contributed by atoms with E-state index in [0.717, 1.165) is 12.2 Å². The number of aromatic nitrogens is 2. The van der Waals surface area contributed by atoms with Crippen LogP contribution in [0.2, 0.25) is 0 Å². The molecule has 1 aliphatic heterocycles. The summed E-state index contributed by atoms with van der Waals surface area (Å²) in [7, 11) is 0. The van der Waals surface area contributed by atoms with E-state index in [1.807, 2.05) is 25.1 Å². The lowest BCUT2D eigenvalue weighted by Crippen LogP contribution is -2.11. The minimum atomic E-state index is -0.173. The number of benzene rings is 1. The van der Waals surface area contributed by atoms with Gasteiger partial charge in [-0.05, 0) is 11.6 Å². The minimum absolute atomic E-state index is 0.103. The Morgan fingerprint density at radius 2 is 2.28 bits per heavy atom. The van der Waals surface area contributed by atoms with Crippen molar-refractivity contribution in [2.45, 2.75) is 25.4 Å². The van der Waals surface area contributed by atoms with Gasteiger partial charge in [0.2, 0.25) is 0 Å². The molecule has 94 valence electrons. The van der Waals surface area contributed by atoms with Gasteiger partial charge in [-0.2, -0.15) is 4.98 Å². The second kappa shape index (κ2) is 4.42. The molecule has 2 aromatic rings. The highest BCUT2D eigenvalue weighted by atomic mass is 16.5. The van der Waals surface area contributed by atoms with Gasteiger partial charge in [0, 0.05) is 18.9 Å². The first-order valence-electron chi connectivity index (χ1n) is 6.06. The fourth-order valence-electron chi connectivity index (χ4n) is 2.00. The monoisotopic (exact) mass is 245 g/mol. The largest absolute Gasteiger partial charge is 0.480 e. The van der Waals surface area contributed by atoms with Gasteiger partial charge in [-0.15, -0.1) is 0 Å². The molecule has 5 nitrogen and oxygen atoms in total. The molecule has 2 unspecified atom stereocenters. The number of hydrogen-bond acceptors (Lipinski definition) is 5. The molecule has 1 aliphatic rings. The zero-order valence-corrected chi connectivity index (χ0v) is 10.2. The molecular formula is C13H15N3O2. The second-order valence-electron chi connectivity index (χ2n) is 4.55. The van der Waals surface area contributed by atoms with Gasteiger partial charge < -0.3 is 15.0 Å². The first-order chi connectivity index (χ1) is 8.78. The summed E-state index contributed by atoms with van der Waals surface area (Å²) in [4.78, 5) is 4.36. The summed E-state index contributed by atoms with van der Waals surface area (Å²) in [6, 6.07) is 7.96. The van der Waals surface area contributed by atoms with Gasteiger partial charge in [0.05, 0.1) is 0 Å². The summed E-state index contributed by atoms with van der Waals surface area (Å²) in [5.41, 5.74) is 6.76. The highest BCUT2D eigenvalue weighted by Crippen LogP contribution is 2.35. The summed E-state index contributed by atoms with van der Waals surface area (Å²) in [6.45, 7) is 2.48. The molecular weight excluding hydrogens is 230 g/mol. The fraction of sp³-hybridized carbons (Fsp3) is 0.385. The Balaban J connectivity index is 1.80. The van der Waals surface area contributed by atoms with Crippen molar-refractivity contribution in [3.63, 3.8) is 0 Å². The summed E-state index contributed by atoms with van der Waals surface area (Å²) >= 11 is 0. The van der Waals surface area contributed by atoms with Crippen molar-refractivity contribution in [1.82, 2.24) is 10.1 Å². The Morgan fingerprint density at radius 1 is 1.44 bits per heavy atom. The number of fused-ring (bicyclic) bond motifs is 1. The molecule has 5 heteroatoms. The highest BCUT2D eigenvalue weighted by Gasteiger charge is 2.29. The Morgan fingerprint density at radius 3 is 3.06 bits per heavy atom. The molecule has 0 amide bonds. The van der Waals surface area contributed by atoms with Gasteiger partial charge in [-0.1, -0.05) is 30.3 Å². The first kappa shape index (κ1) is 11.2. The zero-order chi connectivity index (χ0) is 12.5. The van der Waals surface area contributed by atoms with Crippen molar-refractivity contribution in [1.29, 1.82) is 0 Å². The van der Waals surface area contributed by atoms with Crippen LogP contribution < -0.4 is 10.5 Å². The fourth-order valence-corrected chi connectivity index (χ4v) is 2.00. The van der Waals surface area contributed by atoms with Crippen molar-refractivity contribution in [2.75, 3.05) is 6.54 Å². The smallest absolute Gasteiger partial charge is 0.268 e. The number of ether oxygens (including phenoxy) is 1. The number of rotatable bonds is 3. The van der Waals surface area contributed by atoms with Crippen LogP contribution in [0, 0.1) is 0 Å². The summed E-state index contributed by atoms with van der Waals surface area (Å²) in [5.74, 6) is 2.17. The van der Waals surface area contributed by atoms with Gasteiger partial charge in [-0.25, -0.2) is 0 Å². The molecule has 3 rings (SSSR count). The molecule has 1 aromatic heterocycles. The summed E-state index contributed by atoms with van der Waals surface area (Å²) < 4.78 is 11.1. The quantitative estimate of drug-likeness (QED) is 0.892. The predicted octanol–water partition coefficient (Wildman–Crippen LogP) is 1.81. The van der Waals surface area contributed by atoms with Gasteiger partial charge >= 0.3 is 0 Å². The number of nitrogens with zero attached hydrogens (tertiary/aromatic N) is 2. The van der Waals surface area contributed by atoms with E-state index >= 15 is 0 Å². The molecule has 2 atom stereocenters. The number of para-hydroxylation sites is 1. The number of hydrogen-bond donors (Lipinski definition) is 1. The summed E-state index contributed by atoms with van der Waals surface area (Å²) in [5, 5.41) is 3.95. The predicted molar refractivity (Wildman–Crippen MR) is 65.3 cm³/mol. The van der Waals surface area contributed by atoms with Gasteiger partial charge in [0.25, 0.3) is 5.89 Å². The Hall–Kier alpha value is -1.88. The molecule has 2 heterocycles. The lowest BCUT2D eigenvalue weighted by molar-refractivity contribution is 0.183. The lowest BCUT2D eigenvalue weighted by atomic mass is 10.1. The summed E-state index contributed by atoms with van der Waals surface area (Å²) in [6.07, 6.45) is 0.600. The van der Waals surface area contributed by atoms with E-state index in [1.54, 1.807) is 0 Å². The Labute approximate surface area is 105 Å². The van der Waals surface area contributed by atoms with Crippen molar-refractivity contribution in [3.05, 3.63) is 41.5 Å². The van der Waals surface area contributed by atoms with E-state index in [9.17, 15) is 0 Å². The topological polar surface area (TPSA) is 74.2 Å². The Bertz CT molecular complexity index is 528. The van der Waals surface area contributed by atoms with Crippen molar-refractivity contribution in [2.24, 2.45) is 5.73 Å². The molecule has 18 heavy (non-hydrogen) atoms. The Kier molecular flexibility index (Phi) is 2.76. The van der Waals surface area contributed by atoms with Gasteiger partial charge in [0.1, 0.15) is 5.75 Å². The molecule has 0 aliphatic carbocycles. The molecule has 0 radical (unpaired) electrons. The van der Waals surface area contributed by atoms with Crippen LogP contribution in [0.25, 0.3) is 0 Å². The average molecular weight is 245 g/mol. The van der Waals surface area contributed by atoms with Crippen LogP contribution in [0.1, 0.15) is 36.2 Å². The van der Waals surface area contributed by atoms with Crippen LogP contribution in [0.15, 0.2) is 28.8 Å². The molecule has 0 saturated carbocycles. The maximum Gasteiger partial charge on any atom is 0.268 e. The van der Waals surface area contributed by atoms with E-state index in [-0.39, 0.29) is 12.0 Å². The normalized spacial score (nSPS) is 19.3. The lowest BCUT2D eigenvalue weighted by Gasteiger charge is -2.04. The van der Waals surface area contributed by atoms with E-state index in [2.05, 4.69) is 16.2 Å². The molecule has 0 spiro atoms. The number of nitrogens with two attached hydrogens (primary N) is 1. The first-order valence-corrected chi connectivity index (χ1v) is 6.06. The molecule has 2 N–H and O–H groups in total. The van der Waals surface area contributed by atoms with Gasteiger partial charge in [0.15, 0.2) is 11.9 Å². The SMILES string of the molecule is CC(CN)c1noc(C2Cc3ccccc3O2)n1. The standard InChI is InChI=1S/C13H15N3O2/c1-8(7-14)12-15-13(18-16-12)11-6-9-4-2-3-5-10(9)17-11/h2-5,8,11H,6-7,14H2,1H3. The third kappa shape index (κ3) is 1.86. The van der Waals surface area contributed by atoms with E-state index < -0.39 is 0 Å². The molecule has 0 saturated heterocycles. The highest BCUT2D eigenvalue weighted by molar-refractivity contribution is 5.37. The van der Waals surface area contributed by atoms with E-state index in [4.69, 9.17) is 15.0 Å². The van der Waals surface area contributed by atoms with Crippen LogP contribution in [-0.4, -0.2) is 16.7 Å². The average Bonchev–Trinajstić information content (AvgIpc) is 3.03. The molecule has 1 aromatic carbocycles. The van der Waals surface area contributed by atoms with E-state index in [0.29, 0.717) is 18.3 Å². The van der Waals surface area contributed by atoms with Crippen molar-refractivity contribution < 1.29 is 9.26 Å². The molecule has 0 fully saturated rings. The van der Waals surface area contributed by atoms with E-state index in [1.165, 1.54) is 5.56 Å². The van der Waals surface area contributed by atoms with Crippen LogP contribution in [0.4, 0.5) is 0 Å².